The van der Waals surface area contributed by atoms with Crippen LogP contribution >= 0.6 is 0 Å². The molecular formula is C59H72N8O14. The number of ether oxygens (including phenoxy) is 6. The number of methoxy groups -OCH3 is 3. The molecule has 4 amide bonds. The lowest BCUT2D eigenvalue weighted by Gasteiger charge is -2.29. The van der Waals surface area contributed by atoms with Gasteiger partial charge in [-0.15, -0.1) is 0 Å². The Hall–Kier alpha value is -8.57. The van der Waals surface area contributed by atoms with E-state index in [0.717, 1.165) is 16.7 Å². The van der Waals surface area contributed by atoms with Crippen molar-refractivity contribution in [2.45, 2.75) is 64.8 Å². The molecule has 0 saturated heterocycles. The third-order valence-electron chi connectivity index (χ3n) is 12.9. The number of nitrogens with one attached hydrogen (secondary N) is 4. The lowest BCUT2D eigenvalue weighted by molar-refractivity contribution is 0.0914. The maximum atomic E-state index is 14.5. The van der Waals surface area contributed by atoms with Gasteiger partial charge >= 0.3 is 6.09 Å². The molecule has 0 aliphatic heterocycles. The van der Waals surface area contributed by atoms with Gasteiger partial charge in [-0.2, -0.15) is 0 Å². The zero-order chi connectivity index (χ0) is 57.8. The van der Waals surface area contributed by atoms with E-state index in [0.29, 0.717) is 19.3 Å². The monoisotopic (exact) mass is 1120 g/mol. The highest BCUT2D eigenvalue weighted by atomic mass is 16.5. The average molecular weight is 1120 g/mol. The molecule has 0 fully saturated rings. The molecule has 0 bridgehead atoms. The van der Waals surface area contributed by atoms with Crippen molar-refractivity contribution >= 4 is 23.8 Å². The molecular weight excluding hydrogens is 1040 g/mol. The second kappa shape index (κ2) is 33.1. The maximum Gasteiger partial charge on any atom is 0.404 e. The van der Waals surface area contributed by atoms with Gasteiger partial charge in [-0.25, -0.2) is 4.79 Å². The zero-order valence-corrected chi connectivity index (χ0v) is 46.0. The number of unbranched alkanes of at least 4 members (excludes halogenated alkanes) is 1. The van der Waals surface area contributed by atoms with Crippen molar-refractivity contribution in [2.75, 3.05) is 80.4 Å². The Balaban J connectivity index is 1.28. The predicted molar refractivity (Wildman–Crippen MR) is 302 cm³/mol. The second-order valence-electron chi connectivity index (χ2n) is 18.7. The summed E-state index contributed by atoms with van der Waals surface area (Å²) in [5.41, 5.74) is 0.742. The molecule has 22 heteroatoms. The molecule has 3 heterocycles. The number of hydrogen-bond acceptors (Lipinski definition) is 14. The molecule has 3 aromatic heterocycles. The molecule has 5 N–H and O–H groups in total. The van der Waals surface area contributed by atoms with Crippen molar-refractivity contribution in [1.82, 2.24) is 39.9 Å². The summed E-state index contributed by atoms with van der Waals surface area (Å²) < 4.78 is 38.0. The van der Waals surface area contributed by atoms with Crippen LogP contribution in [0, 0.1) is 0 Å². The van der Waals surface area contributed by atoms with Crippen LogP contribution in [0.15, 0.2) is 142 Å². The molecule has 81 heavy (non-hydrogen) atoms. The topological polar surface area (TPSA) is 261 Å². The van der Waals surface area contributed by atoms with Gasteiger partial charge in [-0.1, -0.05) is 91.0 Å². The SMILES string of the molecule is COCCn1ccc(C(=O)NCCN(CCNC(=O)c2ccn(CCOC)c(=O)c2OCc2ccccc2)CC(CCCCNC(=O)O)NC(=O)c2ccn(CCOC)c(=O)c2OCc2ccccc2)c(OCc2ccccc2)c1=O. The zero-order valence-electron chi connectivity index (χ0n) is 46.0. The average Bonchev–Trinajstić information content (AvgIpc) is 3.57. The van der Waals surface area contributed by atoms with Crippen LogP contribution in [0.1, 0.15) is 67.0 Å². The first-order valence-corrected chi connectivity index (χ1v) is 26.6. The van der Waals surface area contributed by atoms with E-state index in [1.165, 1.54) is 71.8 Å². The Morgan fingerprint density at radius 2 is 0.864 bits per heavy atom. The van der Waals surface area contributed by atoms with Gasteiger partial charge in [-0.05, 0) is 54.2 Å². The summed E-state index contributed by atoms with van der Waals surface area (Å²) in [5.74, 6) is -2.26. The van der Waals surface area contributed by atoms with Crippen LogP contribution in [0.25, 0.3) is 0 Å². The van der Waals surface area contributed by atoms with Crippen molar-refractivity contribution in [2.24, 2.45) is 0 Å². The minimum atomic E-state index is -1.18. The Kier molecular flexibility index (Phi) is 25.2. The Bertz CT molecular complexity index is 3000. The van der Waals surface area contributed by atoms with E-state index in [-0.39, 0.29) is 132 Å². The van der Waals surface area contributed by atoms with Gasteiger partial charge in [-0.3, -0.25) is 33.7 Å². The standard InChI is InChI=1S/C59H72N8O14/c1-76-36-33-65-28-22-47(50(56(65)71)79-40-43-15-7-4-8-16-43)53(68)60-26-31-64(32-27-61-54(69)48-23-29-66(34-37-77-2)57(72)51(48)80-41-44-17-9-5-10-18-44)39-46(21-13-14-25-62-59(74)75)63-55(70)49-24-30-67(35-38-78-3)58(73)52(49)81-42-45-19-11-6-12-20-45/h4-12,15-20,22-24,28-30,46,62H,13-14,21,25-27,31-42H2,1-3H3,(H,60,68)(H,61,69)(H,63,70)(H,74,75). The molecule has 0 radical (unpaired) electrons. The third kappa shape index (κ3) is 19.3. The van der Waals surface area contributed by atoms with Crippen LogP contribution in [-0.2, 0) is 53.7 Å². The highest BCUT2D eigenvalue weighted by Gasteiger charge is 2.25. The summed E-state index contributed by atoms with van der Waals surface area (Å²) in [6, 6.07) is 31.4. The molecule has 22 nitrogen and oxygen atoms in total. The molecule has 0 aliphatic rings. The number of carbonyl (C=O) groups is 4. The number of amides is 4. The molecule has 6 rings (SSSR count). The summed E-state index contributed by atoms with van der Waals surface area (Å²) in [4.78, 5) is 97.5. The number of carboxylic acid groups (broad SMARTS) is 1. The van der Waals surface area contributed by atoms with Gasteiger partial charge in [0.15, 0.2) is 17.2 Å². The number of pyridine rings is 3. The van der Waals surface area contributed by atoms with E-state index in [9.17, 15) is 38.7 Å². The fourth-order valence-electron chi connectivity index (χ4n) is 8.54. The minimum absolute atomic E-state index is 0.00296. The third-order valence-corrected chi connectivity index (χ3v) is 12.9. The van der Waals surface area contributed by atoms with Gasteiger partial charge < -0.3 is 68.5 Å². The van der Waals surface area contributed by atoms with E-state index in [4.69, 9.17) is 28.4 Å². The first-order chi connectivity index (χ1) is 39.4. The molecule has 6 aromatic rings. The normalized spacial score (nSPS) is 11.4. The van der Waals surface area contributed by atoms with Crippen LogP contribution in [0.2, 0.25) is 0 Å². The van der Waals surface area contributed by atoms with Crippen LogP contribution < -0.4 is 52.2 Å². The first-order valence-electron chi connectivity index (χ1n) is 26.6. The number of carbonyl (C=O) groups excluding carboxylic acids is 3. The van der Waals surface area contributed by atoms with Crippen LogP contribution in [0.3, 0.4) is 0 Å². The van der Waals surface area contributed by atoms with E-state index in [1.54, 1.807) is 0 Å². The van der Waals surface area contributed by atoms with Crippen molar-refractivity contribution in [1.29, 1.82) is 0 Å². The van der Waals surface area contributed by atoms with Gasteiger partial charge in [0, 0.05) is 105 Å². The maximum absolute atomic E-state index is 14.5. The summed E-state index contributed by atoms with van der Waals surface area (Å²) in [5, 5.41) is 20.6. The summed E-state index contributed by atoms with van der Waals surface area (Å²) in [7, 11) is 4.55. The van der Waals surface area contributed by atoms with E-state index in [1.807, 2.05) is 95.9 Å². The van der Waals surface area contributed by atoms with E-state index in [2.05, 4.69) is 21.3 Å². The van der Waals surface area contributed by atoms with Gasteiger partial charge in [0.2, 0.25) is 0 Å². The van der Waals surface area contributed by atoms with Gasteiger partial charge in [0.05, 0.1) is 36.5 Å². The number of rotatable bonds is 35. The highest BCUT2D eigenvalue weighted by Crippen LogP contribution is 2.19. The van der Waals surface area contributed by atoms with Crippen molar-refractivity contribution < 1.29 is 52.7 Å². The fraction of sp³-hybridized carbons (Fsp3) is 0.373. The van der Waals surface area contributed by atoms with E-state index < -0.39 is 46.5 Å². The van der Waals surface area contributed by atoms with Crippen molar-refractivity contribution in [3.8, 4) is 17.2 Å². The molecule has 1 unspecified atom stereocenters. The smallest absolute Gasteiger partial charge is 0.404 e. The Morgan fingerprint density at radius 3 is 1.22 bits per heavy atom. The molecule has 0 aliphatic carbocycles. The van der Waals surface area contributed by atoms with Crippen LogP contribution in [0.4, 0.5) is 4.79 Å². The lowest BCUT2D eigenvalue weighted by atomic mass is 10.1. The first kappa shape index (κ1) is 61.6. The molecule has 0 spiro atoms. The molecule has 1 atom stereocenters. The number of hydrogen-bond donors (Lipinski definition) is 5. The lowest BCUT2D eigenvalue weighted by Crippen LogP contribution is -2.48. The Morgan fingerprint density at radius 1 is 0.494 bits per heavy atom. The summed E-state index contributed by atoms with van der Waals surface area (Å²) >= 11 is 0. The second-order valence-corrected chi connectivity index (χ2v) is 18.7. The number of benzene rings is 3. The predicted octanol–water partition coefficient (Wildman–Crippen LogP) is 4.55. The van der Waals surface area contributed by atoms with Gasteiger partial charge in [0.1, 0.15) is 19.8 Å². The minimum Gasteiger partial charge on any atom is -0.482 e. The summed E-state index contributed by atoms with van der Waals surface area (Å²) in [6.07, 6.45) is 4.52. The molecule has 0 saturated carbocycles. The van der Waals surface area contributed by atoms with Crippen LogP contribution in [-0.4, -0.2) is 134 Å². The molecule has 432 valence electrons. The number of nitrogens with zero attached hydrogens (tertiary/aromatic N) is 4. The quantitative estimate of drug-likeness (QED) is 0.0342. The van der Waals surface area contributed by atoms with Crippen LogP contribution in [0.5, 0.6) is 17.2 Å². The number of aromatic nitrogens is 3. The van der Waals surface area contributed by atoms with Crippen molar-refractivity contribution in [3.05, 3.63) is 192 Å². The highest BCUT2D eigenvalue weighted by molar-refractivity contribution is 5.98. The van der Waals surface area contributed by atoms with Crippen molar-refractivity contribution in [3.63, 3.8) is 0 Å². The van der Waals surface area contributed by atoms with Gasteiger partial charge in [0.25, 0.3) is 34.4 Å². The Labute approximate surface area is 469 Å². The fourth-order valence-corrected chi connectivity index (χ4v) is 8.54. The largest absolute Gasteiger partial charge is 0.482 e. The van der Waals surface area contributed by atoms with E-state index >= 15 is 0 Å². The molecule has 3 aromatic carbocycles. The summed E-state index contributed by atoms with van der Waals surface area (Å²) in [6.45, 7) is 1.95.